The van der Waals surface area contributed by atoms with Crippen molar-refractivity contribution in [3.8, 4) is 5.75 Å². The molecule has 0 aromatic heterocycles. The molecule has 31 heavy (non-hydrogen) atoms. The van der Waals surface area contributed by atoms with Crippen molar-refractivity contribution in [1.29, 1.82) is 0 Å². The van der Waals surface area contributed by atoms with Gasteiger partial charge in [0, 0.05) is 12.2 Å². The summed E-state index contributed by atoms with van der Waals surface area (Å²) in [7, 11) is 1.54. The van der Waals surface area contributed by atoms with Gasteiger partial charge in [0.2, 0.25) is 0 Å². The molecule has 0 N–H and O–H groups in total. The van der Waals surface area contributed by atoms with Crippen molar-refractivity contribution in [3.63, 3.8) is 0 Å². The van der Waals surface area contributed by atoms with Crippen molar-refractivity contribution in [2.24, 2.45) is 0 Å². The van der Waals surface area contributed by atoms with Crippen molar-refractivity contribution in [2.45, 2.75) is 13.8 Å². The summed E-state index contributed by atoms with van der Waals surface area (Å²) in [6, 6.07) is 24.5. The molecule has 1 heterocycles. The molecule has 0 unspecified atom stereocenters. The average molecular weight is 412 g/mol. The fourth-order valence-electron chi connectivity index (χ4n) is 3.90. The van der Waals surface area contributed by atoms with Gasteiger partial charge < -0.3 is 9.64 Å². The van der Waals surface area contributed by atoms with Crippen molar-refractivity contribution in [2.75, 3.05) is 23.5 Å². The number of hydrogen-bond acceptors (Lipinski definition) is 4. The van der Waals surface area contributed by atoms with Crippen LogP contribution in [-0.2, 0) is 9.59 Å². The van der Waals surface area contributed by atoms with Gasteiger partial charge >= 0.3 is 0 Å². The largest absolute Gasteiger partial charge is 0.495 e. The molecule has 0 bridgehead atoms. The Morgan fingerprint density at radius 3 is 2.13 bits per heavy atom. The number of benzene rings is 3. The zero-order chi connectivity index (χ0) is 22.0. The zero-order valence-corrected chi connectivity index (χ0v) is 17.8. The predicted molar refractivity (Wildman–Crippen MR) is 123 cm³/mol. The van der Waals surface area contributed by atoms with E-state index in [1.165, 1.54) is 12.0 Å². The molecule has 5 heteroatoms. The topological polar surface area (TPSA) is 49.9 Å². The zero-order valence-electron chi connectivity index (χ0n) is 17.8. The molecule has 0 fully saturated rings. The summed E-state index contributed by atoms with van der Waals surface area (Å²) in [4.78, 5) is 30.7. The first kappa shape index (κ1) is 20.4. The number of aryl methyl sites for hydroxylation is 1. The van der Waals surface area contributed by atoms with E-state index in [1.54, 1.807) is 12.1 Å². The number of ether oxygens (including phenoxy) is 1. The Labute approximate surface area is 182 Å². The van der Waals surface area contributed by atoms with Gasteiger partial charge in [0.1, 0.15) is 11.4 Å². The first-order valence-corrected chi connectivity index (χ1v) is 10.2. The number of para-hydroxylation sites is 1. The lowest BCUT2D eigenvalue weighted by Crippen LogP contribution is -2.35. The number of imide groups is 1. The third-order valence-electron chi connectivity index (χ3n) is 5.35. The number of carbonyl (C=O) groups excluding carboxylic acids is 2. The molecule has 0 saturated carbocycles. The van der Waals surface area contributed by atoms with Gasteiger partial charge in [0.25, 0.3) is 11.8 Å². The van der Waals surface area contributed by atoms with E-state index in [4.69, 9.17) is 4.74 Å². The third-order valence-corrected chi connectivity index (χ3v) is 5.35. The van der Waals surface area contributed by atoms with E-state index in [0.717, 1.165) is 11.3 Å². The standard InChI is InChI=1S/C26H24N2O3/c1-4-27(20-13-9-6-10-14-20)24-23(19-11-7-5-8-12-19)25(29)28(26(24)30)21-17-18(2)15-16-22(21)31-3/h5-17H,4H2,1-3H3. The molecular formula is C26H24N2O3. The highest BCUT2D eigenvalue weighted by Crippen LogP contribution is 2.40. The van der Waals surface area contributed by atoms with E-state index in [1.807, 2.05) is 85.5 Å². The predicted octanol–water partition coefficient (Wildman–Crippen LogP) is 4.81. The molecule has 4 rings (SSSR count). The molecule has 0 radical (unpaired) electrons. The molecule has 5 nitrogen and oxygen atoms in total. The maximum absolute atomic E-state index is 13.8. The number of carbonyl (C=O) groups is 2. The van der Waals surface area contributed by atoms with Gasteiger partial charge in [0.05, 0.1) is 18.4 Å². The second kappa shape index (κ2) is 8.48. The van der Waals surface area contributed by atoms with Crippen LogP contribution in [0.1, 0.15) is 18.1 Å². The highest BCUT2D eigenvalue weighted by atomic mass is 16.5. The second-order valence-electron chi connectivity index (χ2n) is 7.29. The van der Waals surface area contributed by atoms with E-state index < -0.39 is 0 Å². The monoisotopic (exact) mass is 412 g/mol. The van der Waals surface area contributed by atoms with Crippen LogP contribution in [0.25, 0.3) is 5.57 Å². The Bertz CT molecular complexity index is 1150. The fourth-order valence-corrected chi connectivity index (χ4v) is 3.90. The van der Waals surface area contributed by atoms with Crippen molar-refractivity contribution in [3.05, 3.63) is 95.7 Å². The van der Waals surface area contributed by atoms with E-state index >= 15 is 0 Å². The van der Waals surface area contributed by atoms with Crippen LogP contribution in [0, 0.1) is 6.92 Å². The molecule has 1 aliphatic rings. The maximum Gasteiger partial charge on any atom is 0.282 e. The molecule has 0 atom stereocenters. The van der Waals surface area contributed by atoms with E-state index in [2.05, 4.69) is 0 Å². The number of anilines is 2. The number of likely N-dealkylation sites (N-methyl/N-ethyl adjacent to an activating group) is 1. The highest BCUT2D eigenvalue weighted by Gasteiger charge is 2.43. The molecule has 2 amide bonds. The minimum atomic E-state index is -0.363. The number of amides is 2. The lowest BCUT2D eigenvalue weighted by molar-refractivity contribution is -0.120. The van der Waals surface area contributed by atoms with Gasteiger partial charge in [-0.1, -0.05) is 54.6 Å². The van der Waals surface area contributed by atoms with Gasteiger partial charge in [-0.25, -0.2) is 4.90 Å². The SMILES string of the molecule is CCN(C1=C(c2ccccc2)C(=O)N(c2cc(C)ccc2OC)C1=O)c1ccccc1. The van der Waals surface area contributed by atoms with Crippen molar-refractivity contribution >= 4 is 28.8 Å². The van der Waals surface area contributed by atoms with Crippen molar-refractivity contribution < 1.29 is 14.3 Å². The Balaban J connectivity index is 1.93. The van der Waals surface area contributed by atoms with E-state index in [0.29, 0.717) is 34.8 Å². The third kappa shape index (κ3) is 3.59. The maximum atomic E-state index is 13.8. The lowest BCUT2D eigenvalue weighted by atomic mass is 10.0. The fraction of sp³-hybridized carbons (Fsp3) is 0.154. The Morgan fingerprint density at radius 2 is 1.52 bits per heavy atom. The molecule has 1 aliphatic heterocycles. The molecule has 0 saturated heterocycles. The summed E-state index contributed by atoms with van der Waals surface area (Å²) in [5.41, 5.74) is 3.70. The quantitative estimate of drug-likeness (QED) is 0.545. The Hall–Kier alpha value is -3.86. The molecular weight excluding hydrogens is 388 g/mol. The van der Waals surface area contributed by atoms with Gasteiger partial charge in [-0.15, -0.1) is 0 Å². The van der Waals surface area contributed by atoms with Gasteiger partial charge in [-0.05, 0) is 49.2 Å². The van der Waals surface area contributed by atoms with Crippen LogP contribution in [-0.4, -0.2) is 25.5 Å². The highest BCUT2D eigenvalue weighted by molar-refractivity contribution is 6.46. The second-order valence-corrected chi connectivity index (χ2v) is 7.29. The summed E-state index contributed by atoms with van der Waals surface area (Å²) in [6.45, 7) is 4.42. The van der Waals surface area contributed by atoms with Gasteiger partial charge in [0.15, 0.2) is 0 Å². The first-order chi connectivity index (χ1) is 15.1. The lowest BCUT2D eigenvalue weighted by Gasteiger charge is -2.25. The van der Waals surface area contributed by atoms with Crippen LogP contribution in [0.4, 0.5) is 11.4 Å². The summed E-state index contributed by atoms with van der Waals surface area (Å²) in [5, 5.41) is 0. The normalized spacial score (nSPS) is 13.7. The summed E-state index contributed by atoms with van der Waals surface area (Å²) in [5.74, 6) is -0.244. The number of rotatable bonds is 6. The summed E-state index contributed by atoms with van der Waals surface area (Å²) < 4.78 is 5.48. The smallest absolute Gasteiger partial charge is 0.282 e. The molecule has 3 aromatic carbocycles. The van der Waals surface area contributed by atoms with Crippen LogP contribution >= 0.6 is 0 Å². The molecule has 0 aliphatic carbocycles. The van der Waals surface area contributed by atoms with E-state index in [9.17, 15) is 9.59 Å². The van der Waals surface area contributed by atoms with Crippen LogP contribution < -0.4 is 14.5 Å². The molecule has 3 aromatic rings. The number of methoxy groups -OCH3 is 1. The molecule has 156 valence electrons. The number of hydrogen-bond donors (Lipinski definition) is 0. The average Bonchev–Trinajstić information content (AvgIpc) is 3.05. The summed E-state index contributed by atoms with van der Waals surface area (Å²) in [6.07, 6.45) is 0. The van der Waals surface area contributed by atoms with Crippen LogP contribution in [0.5, 0.6) is 5.75 Å². The van der Waals surface area contributed by atoms with Crippen LogP contribution in [0.3, 0.4) is 0 Å². The Morgan fingerprint density at radius 1 is 0.871 bits per heavy atom. The first-order valence-electron chi connectivity index (χ1n) is 10.2. The minimum absolute atomic E-state index is 0.357. The van der Waals surface area contributed by atoms with E-state index in [-0.39, 0.29) is 11.8 Å². The molecule has 0 spiro atoms. The Kier molecular flexibility index (Phi) is 5.58. The minimum Gasteiger partial charge on any atom is -0.495 e. The van der Waals surface area contributed by atoms with Crippen LogP contribution in [0.15, 0.2) is 84.6 Å². The summed E-state index contributed by atoms with van der Waals surface area (Å²) >= 11 is 0. The van der Waals surface area contributed by atoms with Gasteiger partial charge in [-0.3, -0.25) is 9.59 Å². The number of nitrogens with zero attached hydrogens (tertiary/aromatic N) is 2. The van der Waals surface area contributed by atoms with Crippen LogP contribution in [0.2, 0.25) is 0 Å². The van der Waals surface area contributed by atoms with Gasteiger partial charge in [-0.2, -0.15) is 0 Å². The van der Waals surface area contributed by atoms with Crippen molar-refractivity contribution in [1.82, 2.24) is 0 Å².